The van der Waals surface area contributed by atoms with Crippen LogP contribution in [0.4, 0.5) is 4.79 Å². The number of hydrogen-bond acceptors (Lipinski definition) is 1. The second kappa shape index (κ2) is 6.94. The Morgan fingerprint density at radius 2 is 1.96 bits per heavy atom. The standard InChI is InChI=1S/C20H30N2O/c1-16-8-6-11-18(14-16)22(2)19(23)21-15-20(12-7-13-20)17-9-4-3-5-10-17/h3-5,9-10,16,18H,6-8,11-15H2,1-2H3,(H,21,23). The lowest BCUT2D eigenvalue weighted by Crippen LogP contribution is -2.51. The molecule has 0 radical (unpaired) electrons. The van der Waals surface area contributed by atoms with Crippen LogP contribution in [0.5, 0.6) is 0 Å². The molecule has 1 N–H and O–H groups in total. The van der Waals surface area contributed by atoms with Gasteiger partial charge in [0.15, 0.2) is 0 Å². The van der Waals surface area contributed by atoms with E-state index in [2.05, 4.69) is 42.6 Å². The van der Waals surface area contributed by atoms with E-state index in [-0.39, 0.29) is 11.4 Å². The van der Waals surface area contributed by atoms with Gasteiger partial charge in [0, 0.05) is 25.0 Å². The fourth-order valence-corrected chi connectivity index (χ4v) is 4.25. The molecule has 23 heavy (non-hydrogen) atoms. The van der Waals surface area contributed by atoms with E-state index in [0.29, 0.717) is 6.04 Å². The minimum absolute atomic E-state index is 0.103. The van der Waals surface area contributed by atoms with E-state index in [1.54, 1.807) is 0 Å². The topological polar surface area (TPSA) is 32.3 Å². The summed E-state index contributed by atoms with van der Waals surface area (Å²) in [5.74, 6) is 0.742. The zero-order valence-corrected chi connectivity index (χ0v) is 14.6. The maximum atomic E-state index is 12.6. The molecular formula is C20H30N2O. The van der Waals surface area contributed by atoms with E-state index in [0.717, 1.165) is 25.3 Å². The number of nitrogens with zero attached hydrogens (tertiary/aromatic N) is 1. The van der Waals surface area contributed by atoms with Crippen molar-refractivity contribution in [3.05, 3.63) is 35.9 Å². The first-order chi connectivity index (χ1) is 11.1. The lowest BCUT2D eigenvalue weighted by atomic mass is 9.64. The average molecular weight is 314 g/mol. The summed E-state index contributed by atoms with van der Waals surface area (Å²) in [5, 5.41) is 3.22. The number of nitrogens with one attached hydrogen (secondary N) is 1. The highest BCUT2D eigenvalue weighted by Gasteiger charge is 2.39. The van der Waals surface area contributed by atoms with Crippen LogP contribution in [0, 0.1) is 5.92 Å². The molecule has 2 aliphatic rings. The molecule has 2 atom stereocenters. The second-order valence-corrected chi connectivity index (χ2v) is 7.70. The van der Waals surface area contributed by atoms with E-state index in [1.807, 2.05) is 11.9 Å². The Kier molecular flexibility index (Phi) is 4.93. The number of benzene rings is 1. The van der Waals surface area contributed by atoms with Crippen LogP contribution in [0.3, 0.4) is 0 Å². The average Bonchev–Trinajstić information content (AvgIpc) is 2.54. The first-order valence-electron chi connectivity index (χ1n) is 9.17. The Morgan fingerprint density at radius 3 is 2.57 bits per heavy atom. The van der Waals surface area contributed by atoms with Gasteiger partial charge in [0.1, 0.15) is 0 Å². The molecule has 0 aliphatic heterocycles. The monoisotopic (exact) mass is 314 g/mol. The van der Waals surface area contributed by atoms with Crippen LogP contribution in [0.2, 0.25) is 0 Å². The fraction of sp³-hybridized carbons (Fsp3) is 0.650. The van der Waals surface area contributed by atoms with Gasteiger partial charge in [-0.05, 0) is 37.2 Å². The summed E-state index contributed by atoms with van der Waals surface area (Å²) in [6.07, 6.45) is 8.48. The van der Waals surface area contributed by atoms with Crippen molar-refractivity contribution in [1.29, 1.82) is 0 Å². The van der Waals surface area contributed by atoms with Crippen molar-refractivity contribution in [2.75, 3.05) is 13.6 Å². The van der Waals surface area contributed by atoms with Gasteiger partial charge in [-0.2, -0.15) is 0 Å². The first-order valence-corrected chi connectivity index (χ1v) is 9.17. The summed E-state index contributed by atoms with van der Waals surface area (Å²) >= 11 is 0. The predicted octanol–water partition coefficient (Wildman–Crippen LogP) is 4.33. The third-order valence-corrected chi connectivity index (χ3v) is 6.05. The maximum absolute atomic E-state index is 12.6. The third-order valence-electron chi connectivity index (χ3n) is 6.05. The number of urea groups is 1. The van der Waals surface area contributed by atoms with Crippen molar-refractivity contribution >= 4 is 6.03 Å². The minimum Gasteiger partial charge on any atom is -0.337 e. The van der Waals surface area contributed by atoms with Gasteiger partial charge >= 0.3 is 6.03 Å². The van der Waals surface area contributed by atoms with E-state index in [9.17, 15) is 4.79 Å². The van der Waals surface area contributed by atoms with Crippen molar-refractivity contribution in [1.82, 2.24) is 10.2 Å². The van der Waals surface area contributed by atoms with Gasteiger partial charge in [0.25, 0.3) is 0 Å². The fourth-order valence-electron chi connectivity index (χ4n) is 4.25. The quantitative estimate of drug-likeness (QED) is 0.881. The summed E-state index contributed by atoms with van der Waals surface area (Å²) in [6.45, 7) is 3.07. The molecule has 2 saturated carbocycles. The van der Waals surface area contributed by atoms with Gasteiger partial charge in [-0.25, -0.2) is 4.79 Å². The van der Waals surface area contributed by atoms with Gasteiger partial charge in [0.05, 0.1) is 0 Å². The third kappa shape index (κ3) is 3.54. The first kappa shape index (κ1) is 16.4. The molecule has 3 heteroatoms. The number of rotatable bonds is 4. The Hall–Kier alpha value is -1.51. The molecule has 3 rings (SSSR count). The predicted molar refractivity (Wildman–Crippen MR) is 94.6 cm³/mol. The van der Waals surface area contributed by atoms with Gasteiger partial charge < -0.3 is 10.2 Å². The molecule has 3 nitrogen and oxygen atoms in total. The van der Waals surface area contributed by atoms with Crippen molar-refractivity contribution in [3.63, 3.8) is 0 Å². The van der Waals surface area contributed by atoms with Crippen molar-refractivity contribution in [3.8, 4) is 0 Å². The van der Waals surface area contributed by atoms with Gasteiger partial charge in [-0.1, -0.05) is 56.5 Å². The molecule has 126 valence electrons. The number of hydrogen-bond donors (Lipinski definition) is 1. The van der Waals surface area contributed by atoms with Gasteiger partial charge in [-0.15, -0.1) is 0 Å². The highest BCUT2D eigenvalue weighted by Crippen LogP contribution is 2.43. The second-order valence-electron chi connectivity index (χ2n) is 7.70. The van der Waals surface area contributed by atoms with E-state index >= 15 is 0 Å². The van der Waals surface area contributed by atoms with E-state index in [4.69, 9.17) is 0 Å². The number of carbonyl (C=O) groups excluding carboxylic acids is 1. The molecule has 0 heterocycles. The van der Waals surface area contributed by atoms with Crippen LogP contribution in [-0.2, 0) is 5.41 Å². The van der Waals surface area contributed by atoms with Crippen LogP contribution >= 0.6 is 0 Å². The molecule has 2 aliphatic carbocycles. The Balaban J connectivity index is 1.57. The molecule has 2 fully saturated rings. The SMILES string of the molecule is CC1CCCC(N(C)C(=O)NCC2(c3ccccc3)CCC2)C1. The van der Waals surface area contributed by atoms with Crippen LogP contribution in [-0.4, -0.2) is 30.6 Å². The molecule has 0 bridgehead atoms. The molecule has 0 aromatic heterocycles. The summed E-state index contributed by atoms with van der Waals surface area (Å²) < 4.78 is 0. The van der Waals surface area contributed by atoms with Gasteiger partial charge in [-0.3, -0.25) is 0 Å². The normalized spacial score (nSPS) is 26.2. The molecule has 1 aromatic rings. The summed E-state index contributed by atoms with van der Waals surface area (Å²) in [7, 11) is 1.97. The summed E-state index contributed by atoms with van der Waals surface area (Å²) in [5.41, 5.74) is 1.54. The zero-order chi connectivity index (χ0) is 16.3. The maximum Gasteiger partial charge on any atom is 0.317 e. The smallest absolute Gasteiger partial charge is 0.317 e. The van der Waals surface area contributed by atoms with E-state index < -0.39 is 0 Å². The highest BCUT2D eigenvalue weighted by molar-refractivity contribution is 5.74. The van der Waals surface area contributed by atoms with Crippen LogP contribution in [0.1, 0.15) is 57.4 Å². The van der Waals surface area contributed by atoms with E-state index in [1.165, 1.54) is 37.7 Å². The largest absolute Gasteiger partial charge is 0.337 e. The summed E-state index contributed by atoms with van der Waals surface area (Å²) in [4.78, 5) is 14.5. The summed E-state index contributed by atoms with van der Waals surface area (Å²) in [6, 6.07) is 11.2. The number of carbonyl (C=O) groups is 1. The number of amides is 2. The van der Waals surface area contributed by atoms with Crippen LogP contribution in [0.15, 0.2) is 30.3 Å². The Bertz CT molecular complexity index is 524. The Morgan fingerprint density at radius 1 is 1.22 bits per heavy atom. The Labute approximate surface area is 140 Å². The van der Waals surface area contributed by atoms with Crippen molar-refractivity contribution in [2.24, 2.45) is 5.92 Å². The molecular weight excluding hydrogens is 284 g/mol. The lowest BCUT2D eigenvalue weighted by Gasteiger charge is -2.43. The lowest BCUT2D eigenvalue weighted by molar-refractivity contribution is 0.153. The molecule has 1 aromatic carbocycles. The zero-order valence-electron chi connectivity index (χ0n) is 14.6. The molecule has 0 saturated heterocycles. The minimum atomic E-state index is 0.103. The van der Waals surface area contributed by atoms with Crippen LogP contribution < -0.4 is 5.32 Å². The van der Waals surface area contributed by atoms with Crippen molar-refractivity contribution in [2.45, 2.75) is 63.3 Å². The highest BCUT2D eigenvalue weighted by atomic mass is 16.2. The van der Waals surface area contributed by atoms with Crippen molar-refractivity contribution < 1.29 is 4.79 Å². The molecule has 2 amide bonds. The molecule has 0 spiro atoms. The van der Waals surface area contributed by atoms with Gasteiger partial charge in [0.2, 0.25) is 0 Å². The molecule has 2 unspecified atom stereocenters. The van der Waals surface area contributed by atoms with Crippen LogP contribution in [0.25, 0.3) is 0 Å².